The standard InChI is InChI=1S/C23H22N4O5S2/c1-4-34(29,30)23-26-27-20(24)17(21(28)25-22(27)33-23)12-15-10-11-18(19(13-15)31-3)32-14(2)16-8-6-5-7-9-16/h5-14,24H,4H2,1-3H3/b17-12+,24-20?. The lowest BCUT2D eigenvalue weighted by atomic mass is 10.1. The van der Waals surface area contributed by atoms with Crippen LogP contribution in [0.1, 0.15) is 31.1 Å². The number of aliphatic imine (C=N–C) groups is 1. The van der Waals surface area contributed by atoms with Gasteiger partial charge in [0.05, 0.1) is 18.4 Å². The minimum absolute atomic E-state index is 0.0170. The largest absolute Gasteiger partial charge is 0.493 e. The summed E-state index contributed by atoms with van der Waals surface area (Å²) in [5, 5.41) is 13.5. The number of methoxy groups -OCH3 is 1. The van der Waals surface area contributed by atoms with Gasteiger partial charge in [-0.2, -0.15) is 10.0 Å². The molecule has 2 heterocycles. The zero-order valence-electron chi connectivity index (χ0n) is 18.7. The molecule has 176 valence electrons. The van der Waals surface area contributed by atoms with Crippen LogP contribution in [0.5, 0.6) is 11.5 Å². The first-order valence-electron chi connectivity index (χ1n) is 10.4. The van der Waals surface area contributed by atoms with Gasteiger partial charge in [0.2, 0.25) is 19.4 Å². The van der Waals surface area contributed by atoms with E-state index in [1.54, 1.807) is 18.2 Å². The second kappa shape index (κ2) is 9.43. The van der Waals surface area contributed by atoms with Gasteiger partial charge in [0.25, 0.3) is 5.91 Å². The molecule has 2 aliphatic rings. The van der Waals surface area contributed by atoms with Gasteiger partial charge in [-0.25, -0.2) is 8.42 Å². The number of rotatable bonds is 6. The summed E-state index contributed by atoms with van der Waals surface area (Å²) in [6.07, 6.45) is 1.28. The number of fused-ring (bicyclic) bond motifs is 1. The Morgan fingerprint density at radius 3 is 2.59 bits per heavy atom. The van der Waals surface area contributed by atoms with E-state index in [0.29, 0.717) is 17.1 Å². The number of nitrogens with zero attached hydrogens (tertiary/aromatic N) is 3. The molecule has 0 spiro atoms. The molecule has 34 heavy (non-hydrogen) atoms. The van der Waals surface area contributed by atoms with Crippen LogP contribution in [0.25, 0.3) is 6.08 Å². The van der Waals surface area contributed by atoms with Crippen molar-refractivity contribution in [2.45, 2.75) is 20.0 Å². The number of carbonyl (C=O) groups is 1. The third kappa shape index (κ3) is 4.62. The van der Waals surface area contributed by atoms with E-state index in [4.69, 9.17) is 14.9 Å². The number of nitrogens with one attached hydrogen (secondary N) is 1. The molecule has 4 rings (SSSR count). The molecule has 0 aromatic heterocycles. The Morgan fingerprint density at radius 2 is 1.91 bits per heavy atom. The third-order valence-electron chi connectivity index (χ3n) is 5.15. The van der Waals surface area contributed by atoms with Crippen LogP contribution in [-0.2, 0) is 14.6 Å². The van der Waals surface area contributed by atoms with E-state index in [9.17, 15) is 13.2 Å². The molecular formula is C23H22N4O5S2. The van der Waals surface area contributed by atoms with E-state index in [-0.39, 0.29) is 32.8 Å². The van der Waals surface area contributed by atoms with Crippen LogP contribution in [0, 0.1) is 5.41 Å². The number of hydrazone groups is 1. The van der Waals surface area contributed by atoms with Crippen molar-refractivity contribution in [1.29, 1.82) is 5.41 Å². The fourth-order valence-corrected chi connectivity index (χ4v) is 5.41. The predicted molar refractivity (Wildman–Crippen MR) is 133 cm³/mol. The average Bonchev–Trinajstić information content (AvgIpc) is 3.28. The van der Waals surface area contributed by atoms with Gasteiger partial charge >= 0.3 is 0 Å². The van der Waals surface area contributed by atoms with Crippen molar-refractivity contribution < 1.29 is 22.7 Å². The summed E-state index contributed by atoms with van der Waals surface area (Å²) < 4.78 is 35.6. The molecule has 0 saturated heterocycles. The van der Waals surface area contributed by atoms with Crippen molar-refractivity contribution in [3.8, 4) is 11.5 Å². The number of carbonyl (C=O) groups excluding carboxylic acids is 1. The van der Waals surface area contributed by atoms with E-state index >= 15 is 0 Å². The van der Waals surface area contributed by atoms with Gasteiger partial charge in [0.15, 0.2) is 17.3 Å². The predicted octanol–water partition coefficient (Wildman–Crippen LogP) is 3.85. The number of ether oxygens (including phenoxy) is 2. The molecule has 0 bridgehead atoms. The molecule has 0 aliphatic carbocycles. The summed E-state index contributed by atoms with van der Waals surface area (Å²) in [6.45, 7) is 3.44. The van der Waals surface area contributed by atoms with E-state index in [1.165, 1.54) is 20.1 Å². The fourth-order valence-electron chi connectivity index (χ4n) is 3.24. The fraction of sp³-hybridized carbons (Fsp3) is 0.217. The smallest absolute Gasteiger partial charge is 0.283 e. The van der Waals surface area contributed by atoms with Gasteiger partial charge in [-0.05, 0) is 48.0 Å². The van der Waals surface area contributed by atoms with Gasteiger partial charge in [-0.15, -0.1) is 5.10 Å². The van der Waals surface area contributed by atoms with Gasteiger partial charge < -0.3 is 9.47 Å². The highest BCUT2D eigenvalue weighted by Crippen LogP contribution is 2.34. The summed E-state index contributed by atoms with van der Waals surface area (Å²) in [5.74, 6) is -0.0449. The lowest BCUT2D eigenvalue weighted by Gasteiger charge is -2.20. The van der Waals surface area contributed by atoms with E-state index in [2.05, 4.69) is 10.1 Å². The van der Waals surface area contributed by atoms with Gasteiger partial charge in [0.1, 0.15) is 6.10 Å². The second-order valence-corrected chi connectivity index (χ2v) is 10.8. The average molecular weight is 499 g/mol. The maximum atomic E-state index is 12.6. The highest BCUT2D eigenvalue weighted by atomic mass is 32.3. The van der Waals surface area contributed by atoms with Crippen LogP contribution in [0.3, 0.4) is 0 Å². The molecule has 1 atom stereocenters. The van der Waals surface area contributed by atoms with Crippen LogP contribution in [-0.4, -0.2) is 47.6 Å². The van der Waals surface area contributed by atoms with Crippen LogP contribution in [0.4, 0.5) is 0 Å². The summed E-state index contributed by atoms with van der Waals surface area (Å²) in [5.41, 5.74) is 1.58. The van der Waals surface area contributed by atoms with Crippen molar-refractivity contribution >= 4 is 49.0 Å². The van der Waals surface area contributed by atoms with Crippen molar-refractivity contribution in [2.24, 2.45) is 10.1 Å². The molecule has 9 nitrogen and oxygen atoms in total. The molecule has 0 saturated carbocycles. The zero-order chi connectivity index (χ0) is 24.5. The lowest BCUT2D eigenvalue weighted by molar-refractivity contribution is -0.114. The van der Waals surface area contributed by atoms with Crippen LogP contribution in [0.2, 0.25) is 0 Å². The maximum absolute atomic E-state index is 12.6. The number of hydrogen-bond donors (Lipinski definition) is 1. The number of amides is 1. The minimum Gasteiger partial charge on any atom is -0.493 e. The number of sulfone groups is 1. The molecule has 1 amide bonds. The second-order valence-electron chi connectivity index (χ2n) is 7.37. The molecule has 0 radical (unpaired) electrons. The summed E-state index contributed by atoms with van der Waals surface area (Å²) in [6, 6.07) is 14.9. The number of amidine groups is 2. The minimum atomic E-state index is -3.58. The van der Waals surface area contributed by atoms with E-state index in [0.717, 1.165) is 22.3 Å². The van der Waals surface area contributed by atoms with Crippen LogP contribution in [0.15, 0.2) is 64.2 Å². The number of hydrogen-bond acceptors (Lipinski definition) is 8. The highest BCUT2D eigenvalue weighted by Gasteiger charge is 2.39. The van der Waals surface area contributed by atoms with Gasteiger partial charge in [-0.1, -0.05) is 43.3 Å². The van der Waals surface area contributed by atoms with Crippen LogP contribution < -0.4 is 9.47 Å². The summed E-state index contributed by atoms with van der Waals surface area (Å²) in [4.78, 5) is 16.5. The maximum Gasteiger partial charge on any atom is 0.283 e. The Kier molecular flexibility index (Phi) is 6.58. The topological polar surface area (TPSA) is 121 Å². The third-order valence-corrected chi connectivity index (χ3v) is 8.24. The molecule has 1 unspecified atom stereocenters. The first kappa shape index (κ1) is 23.7. The Bertz CT molecular complexity index is 1350. The molecule has 2 aromatic rings. The zero-order valence-corrected chi connectivity index (χ0v) is 20.3. The lowest BCUT2D eigenvalue weighted by Crippen LogP contribution is -2.35. The van der Waals surface area contributed by atoms with Crippen molar-refractivity contribution in [3.63, 3.8) is 0 Å². The molecular weight excluding hydrogens is 476 g/mol. The van der Waals surface area contributed by atoms with Gasteiger partial charge in [0, 0.05) is 0 Å². The molecule has 1 N–H and O–H groups in total. The Morgan fingerprint density at radius 1 is 1.18 bits per heavy atom. The molecule has 2 aliphatic heterocycles. The molecule has 11 heteroatoms. The summed E-state index contributed by atoms with van der Waals surface area (Å²) in [7, 11) is -2.07. The Labute approximate surface area is 201 Å². The monoisotopic (exact) mass is 498 g/mol. The first-order valence-corrected chi connectivity index (χ1v) is 12.8. The van der Waals surface area contributed by atoms with Gasteiger partial charge in [-0.3, -0.25) is 10.2 Å². The van der Waals surface area contributed by atoms with Crippen molar-refractivity contribution in [2.75, 3.05) is 12.9 Å². The Balaban J connectivity index is 1.60. The molecule has 2 aromatic carbocycles. The number of thioether (sulfide) groups is 1. The Hall–Kier alpha value is -3.44. The van der Waals surface area contributed by atoms with Crippen molar-refractivity contribution in [3.05, 3.63) is 65.2 Å². The molecule has 0 fully saturated rings. The SMILES string of the molecule is CCS(=O)(=O)C1=NN2C(=N)/C(=C\c3ccc(OC(C)c4ccccc4)c(OC)c3)C(=O)N=C2S1. The van der Waals surface area contributed by atoms with E-state index < -0.39 is 15.7 Å². The van der Waals surface area contributed by atoms with Crippen LogP contribution >= 0.6 is 11.8 Å². The van der Waals surface area contributed by atoms with E-state index in [1.807, 2.05) is 37.3 Å². The quantitative estimate of drug-likeness (QED) is 0.601. The first-order chi connectivity index (χ1) is 16.2. The number of benzene rings is 2. The summed E-state index contributed by atoms with van der Waals surface area (Å²) >= 11 is 0.766. The van der Waals surface area contributed by atoms with Crippen molar-refractivity contribution in [1.82, 2.24) is 5.01 Å². The highest BCUT2D eigenvalue weighted by molar-refractivity contribution is 8.42. The normalized spacial score (nSPS) is 17.9.